The molecule has 2 aromatic carbocycles. The molecule has 0 radical (unpaired) electrons. The fourth-order valence-electron chi connectivity index (χ4n) is 3.55. The zero-order valence-electron chi connectivity index (χ0n) is 20.1. The molecule has 38 heavy (non-hydrogen) atoms. The smallest absolute Gasteiger partial charge is 0.222 e. The zero-order chi connectivity index (χ0) is 27.1. The Labute approximate surface area is 232 Å². The molecule has 0 atom stereocenters. The predicted octanol–water partition coefficient (Wildman–Crippen LogP) is 5.89. The molecule has 2 aromatic heterocycles. The summed E-state index contributed by atoms with van der Waals surface area (Å²) in [6.07, 6.45) is 0. The first-order valence-corrected chi connectivity index (χ1v) is 13.5. The van der Waals surface area contributed by atoms with Gasteiger partial charge in [-0.2, -0.15) is 10.5 Å². The van der Waals surface area contributed by atoms with Crippen LogP contribution in [0.15, 0.2) is 58.9 Å². The number of hydrogen-bond acceptors (Lipinski definition) is 9. The summed E-state index contributed by atoms with van der Waals surface area (Å²) in [6.45, 7) is 1.35. The number of hydrogen-bond donors (Lipinski definition) is 2. The number of rotatable bonds is 9. The molecule has 1 amide bonds. The molecule has 4 rings (SSSR count). The maximum absolute atomic E-state index is 11.9. The van der Waals surface area contributed by atoms with Crippen LogP contribution in [0.2, 0.25) is 5.02 Å². The van der Waals surface area contributed by atoms with E-state index in [1.54, 1.807) is 24.3 Å². The fraction of sp³-hybridized carbons (Fsp3) is 0.148. The third-order valence-corrected chi connectivity index (χ3v) is 7.39. The van der Waals surface area contributed by atoms with Crippen molar-refractivity contribution in [3.8, 4) is 39.6 Å². The number of benzene rings is 2. The number of pyridine rings is 1. The predicted molar refractivity (Wildman–Crippen MR) is 148 cm³/mol. The molecule has 0 saturated heterocycles. The number of amides is 1. The van der Waals surface area contributed by atoms with Gasteiger partial charge in [0.25, 0.3) is 0 Å². The van der Waals surface area contributed by atoms with Crippen LogP contribution < -0.4 is 10.1 Å². The van der Waals surface area contributed by atoms with Gasteiger partial charge in [0.05, 0.1) is 17.9 Å². The lowest BCUT2D eigenvalue weighted by molar-refractivity contribution is -0.114. The quantitative estimate of drug-likeness (QED) is 0.242. The second kappa shape index (κ2) is 12.5. The van der Waals surface area contributed by atoms with Crippen LogP contribution in [0.3, 0.4) is 0 Å². The van der Waals surface area contributed by atoms with E-state index in [1.165, 1.54) is 30.0 Å². The summed E-state index contributed by atoms with van der Waals surface area (Å²) in [4.78, 5) is 21.1. The first-order chi connectivity index (χ1) is 18.4. The summed E-state index contributed by atoms with van der Waals surface area (Å²) in [5.41, 5.74) is 3.01. The van der Waals surface area contributed by atoms with Crippen LogP contribution in [0.5, 0.6) is 5.75 Å². The minimum atomic E-state index is -0.388. The lowest BCUT2D eigenvalue weighted by Crippen LogP contribution is -2.11. The number of nitriles is 2. The van der Waals surface area contributed by atoms with Crippen molar-refractivity contribution in [3.05, 3.63) is 75.8 Å². The summed E-state index contributed by atoms with van der Waals surface area (Å²) in [6, 6.07) is 18.5. The van der Waals surface area contributed by atoms with Crippen LogP contribution >= 0.6 is 34.7 Å². The number of anilines is 1. The van der Waals surface area contributed by atoms with E-state index in [2.05, 4.69) is 22.4 Å². The van der Waals surface area contributed by atoms with Crippen LogP contribution in [-0.2, 0) is 10.5 Å². The first kappa shape index (κ1) is 27.1. The molecule has 8 nitrogen and oxygen atoms in total. The van der Waals surface area contributed by atoms with Gasteiger partial charge in [-0.05, 0) is 29.8 Å². The van der Waals surface area contributed by atoms with Crippen LogP contribution in [0.25, 0.3) is 21.7 Å². The Hall–Kier alpha value is -3.93. The molecule has 0 aliphatic rings. The van der Waals surface area contributed by atoms with E-state index in [1.807, 2.05) is 29.6 Å². The van der Waals surface area contributed by atoms with Gasteiger partial charge in [0, 0.05) is 34.2 Å². The summed E-state index contributed by atoms with van der Waals surface area (Å²) in [7, 11) is 0. The number of aromatic nitrogens is 2. The zero-order valence-corrected chi connectivity index (χ0v) is 22.5. The molecule has 0 saturated carbocycles. The van der Waals surface area contributed by atoms with Crippen molar-refractivity contribution in [2.24, 2.45) is 0 Å². The Kier molecular flexibility index (Phi) is 8.95. The van der Waals surface area contributed by atoms with Crippen molar-refractivity contribution >= 4 is 46.4 Å². The summed E-state index contributed by atoms with van der Waals surface area (Å²) in [5, 5.41) is 35.5. The van der Waals surface area contributed by atoms with E-state index in [4.69, 9.17) is 26.4 Å². The average molecular weight is 562 g/mol. The molecule has 2 N–H and O–H groups in total. The first-order valence-electron chi connectivity index (χ1n) is 11.3. The number of carbonyl (C=O) groups excluding carboxylic acids is 1. The monoisotopic (exact) mass is 561 g/mol. The van der Waals surface area contributed by atoms with E-state index in [9.17, 15) is 15.3 Å². The van der Waals surface area contributed by atoms with Gasteiger partial charge in [0.1, 0.15) is 40.1 Å². The number of aliphatic hydroxyl groups excluding tert-OH is 1. The number of nitrogens with zero attached hydrogens (tertiary/aromatic N) is 4. The van der Waals surface area contributed by atoms with Crippen molar-refractivity contribution in [2.75, 3.05) is 18.5 Å². The Bertz CT molecular complexity index is 1540. The van der Waals surface area contributed by atoms with Crippen LogP contribution in [0, 0.1) is 22.7 Å². The van der Waals surface area contributed by atoms with Gasteiger partial charge in [-0.3, -0.25) is 4.79 Å². The lowest BCUT2D eigenvalue weighted by Gasteiger charge is -2.15. The van der Waals surface area contributed by atoms with Gasteiger partial charge in [-0.15, -0.1) is 11.3 Å². The molecule has 190 valence electrons. The highest BCUT2D eigenvalue weighted by molar-refractivity contribution is 7.98. The minimum absolute atomic E-state index is 0.0808. The Morgan fingerprint density at radius 3 is 2.39 bits per heavy atom. The molecule has 2 heterocycles. The average Bonchev–Trinajstić information content (AvgIpc) is 3.39. The molecular weight excluding hydrogens is 542 g/mol. The maximum atomic E-state index is 11.9. The molecule has 0 fully saturated rings. The van der Waals surface area contributed by atoms with Crippen molar-refractivity contribution in [3.63, 3.8) is 0 Å². The second-order valence-corrected chi connectivity index (χ2v) is 10.1. The standard InChI is InChI=1S/C27H20ClN5O3S2/c1-16(35)31-25-22(12-29)24(17-4-8-21(9-5-17)36-11-10-34)23(13-30)27(33-25)38-15-20-14-37-26(32-20)18-2-6-19(28)7-3-18/h2-9,14,34H,10-11,15H2,1H3,(H,31,33,35). The van der Waals surface area contributed by atoms with Gasteiger partial charge in [-0.25, -0.2) is 9.97 Å². The van der Waals surface area contributed by atoms with Crippen molar-refractivity contribution in [1.82, 2.24) is 9.97 Å². The van der Waals surface area contributed by atoms with Crippen LogP contribution in [0.1, 0.15) is 23.7 Å². The lowest BCUT2D eigenvalue weighted by atomic mass is 9.96. The van der Waals surface area contributed by atoms with E-state index in [0.29, 0.717) is 32.7 Å². The molecule has 0 spiro atoms. The van der Waals surface area contributed by atoms with Gasteiger partial charge >= 0.3 is 0 Å². The molecule has 11 heteroatoms. The van der Waals surface area contributed by atoms with Crippen molar-refractivity contribution in [2.45, 2.75) is 17.7 Å². The van der Waals surface area contributed by atoms with E-state index >= 15 is 0 Å². The van der Waals surface area contributed by atoms with E-state index < -0.39 is 0 Å². The highest BCUT2D eigenvalue weighted by Gasteiger charge is 2.23. The van der Waals surface area contributed by atoms with Gasteiger partial charge in [0.15, 0.2) is 5.82 Å². The summed E-state index contributed by atoms with van der Waals surface area (Å²) in [5.74, 6) is 0.646. The third-order valence-electron chi connectivity index (χ3n) is 5.18. The van der Waals surface area contributed by atoms with Crippen LogP contribution in [0.4, 0.5) is 5.82 Å². The van der Waals surface area contributed by atoms with Crippen molar-refractivity contribution < 1.29 is 14.6 Å². The highest BCUT2D eigenvalue weighted by atomic mass is 35.5. The van der Waals surface area contributed by atoms with Crippen molar-refractivity contribution in [1.29, 1.82) is 10.5 Å². The molecular formula is C27H20ClN5O3S2. The number of thioether (sulfide) groups is 1. The highest BCUT2D eigenvalue weighted by Crippen LogP contribution is 2.38. The van der Waals surface area contributed by atoms with Gasteiger partial charge in [-0.1, -0.05) is 47.6 Å². The largest absolute Gasteiger partial charge is 0.491 e. The maximum Gasteiger partial charge on any atom is 0.222 e. The molecule has 0 aliphatic heterocycles. The Morgan fingerprint density at radius 2 is 1.76 bits per heavy atom. The third kappa shape index (κ3) is 6.31. The van der Waals surface area contributed by atoms with E-state index in [0.717, 1.165) is 16.3 Å². The number of halogens is 1. The number of thiazole rings is 1. The number of aliphatic hydroxyl groups is 1. The second-order valence-electron chi connectivity index (χ2n) is 7.83. The minimum Gasteiger partial charge on any atom is -0.491 e. The molecule has 0 unspecified atom stereocenters. The van der Waals surface area contributed by atoms with Crippen LogP contribution in [-0.4, -0.2) is 34.2 Å². The topological polar surface area (TPSA) is 132 Å². The molecule has 0 aliphatic carbocycles. The molecule has 4 aromatic rings. The normalized spacial score (nSPS) is 10.4. The Morgan fingerprint density at radius 1 is 1.08 bits per heavy atom. The summed E-state index contributed by atoms with van der Waals surface area (Å²) < 4.78 is 5.42. The van der Waals surface area contributed by atoms with E-state index in [-0.39, 0.29) is 36.1 Å². The molecule has 0 bridgehead atoms. The number of ether oxygens (including phenoxy) is 1. The van der Waals surface area contributed by atoms with Gasteiger partial charge in [0.2, 0.25) is 5.91 Å². The SMILES string of the molecule is CC(=O)Nc1nc(SCc2csc(-c3ccc(Cl)cc3)n2)c(C#N)c(-c2ccc(OCCO)cc2)c1C#N. The number of nitrogens with one attached hydrogen (secondary N) is 1. The number of carbonyl (C=O) groups is 1. The Balaban J connectivity index is 1.70. The van der Waals surface area contributed by atoms with Gasteiger partial charge < -0.3 is 15.2 Å². The summed E-state index contributed by atoms with van der Waals surface area (Å²) >= 11 is 8.78. The fourth-order valence-corrected chi connectivity index (χ4v) is 5.49.